The van der Waals surface area contributed by atoms with Crippen molar-refractivity contribution in [3.63, 3.8) is 0 Å². The first-order valence-corrected chi connectivity index (χ1v) is 9.43. The number of rotatable bonds is 8. The Morgan fingerprint density at radius 1 is 0.960 bits per heavy atom. The molecule has 2 rings (SSSR count). The van der Waals surface area contributed by atoms with E-state index in [1.807, 2.05) is 30.3 Å². The number of benzene rings is 2. The van der Waals surface area contributed by atoms with Crippen LogP contribution in [0, 0.1) is 0 Å². The molecule has 0 aliphatic rings. The lowest BCUT2D eigenvalue weighted by Crippen LogP contribution is -2.19. The van der Waals surface area contributed by atoms with Crippen molar-refractivity contribution in [3.05, 3.63) is 59.7 Å². The van der Waals surface area contributed by atoms with E-state index < -0.39 is 5.97 Å². The van der Waals surface area contributed by atoms with E-state index >= 15 is 0 Å². The molecule has 0 atom stereocenters. The van der Waals surface area contributed by atoms with Crippen LogP contribution in [0.25, 0.3) is 0 Å². The Hall–Kier alpha value is -2.47. The second-order valence-corrected chi connectivity index (χ2v) is 6.60. The van der Waals surface area contributed by atoms with Gasteiger partial charge in [0.1, 0.15) is 0 Å². The zero-order valence-electron chi connectivity index (χ0n) is 14.1. The lowest BCUT2D eigenvalue weighted by atomic mass is 10.1. The highest BCUT2D eigenvalue weighted by Crippen LogP contribution is 2.15. The topological polar surface area (TPSA) is 78.4 Å². The van der Waals surface area contributed by atoms with Crippen LogP contribution in [0.3, 0.4) is 0 Å². The predicted octanol–water partition coefficient (Wildman–Crippen LogP) is 4.25. The number of aliphatic carboxylic acids is 1. The first-order chi connectivity index (χ1) is 12.1. The Morgan fingerprint density at radius 2 is 1.68 bits per heavy atom. The van der Waals surface area contributed by atoms with Gasteiger partial charge in [-0.25, -0.2) is 4.79 Å². The van der Waals surface area contributed by atoms with Gasteiger partial charge in [-0.15, -0.1) is 0 Å². The molecule has 0 aromatic heterocycles. The number of carboxylic acids is 1. The summed E-state index contributed by atoms with van der Waals surface area (Å²) >= 11 is 1.81. The van der Waals surface area contributed by atoms with Gasteiger partial charge in [0.05, 0.1) is 0 Å². The molecule has 0 saturated heterocycles. The van der Waals surface area contributed by atoms with Crippen LogP contribution in [0.15, 0.2) is 48.5 Å². The number of hydrogen-bond donors (Lipinski definition) is 3. The maximum atomic E-state index is 12.1. The van der Waals surface area contributed by atoms with Crippen LogP contribution >= 0.6 is 11.8 Å². The number of urea groups is 1. The van der Waals surface area contributed by atoms with E-state index in [1.165, 1.54) is 5.56 Å². The van der Waals surface area contributed by atoms with Gasteiger partial charge in [0.25, 0.3) is 0 Å². The summed E-state index contributed by atoms with van der Waals surface area (Å²) in [6.07, 6.45) is 3.59. The SMILES string of the molecule is CSCCc1ccc(NC(=O)Nc2cccc(CCC(=O)O)c2)cc1. The van der Waals surface area contributed by atoms with E-state index in [1.54, 1.807) is 30.0 Å². The van der Waals surface area contributed by atoms with E-state index in [2.05, 4.69) is 16.9 Å². The number of nitrogens with one attached hydrogen (secondary N) is 2. The highest BCUT2D eigenvalue weighted by Gasteiger charge is 2.05. The second-order valence-electron chi connectivity index (χ2n) is 5.61. The zero-order valence-corrected chi connectivity index (χ0v) is 14.9. The van der Waals surface area contributed by atoms with Gasteiger partial charge < -0.3 is 15.7 Å². The van der Waals surface area contributed by atoms with Gasteiger partial charge in [-0.1, -0.05) is 24.3 Å². The third-order valence-electron chi connectivity index (χ3n) is 3.62. The van der Waals surface area contributed by atoms with Gasteiger partial charge >= 0.3 is 12.0 Å². The van der Waals surface area contributed by atoms with Crippen molar-refractivity contribution < 1.29 is 14.7 Å². The molecule has 0 aliphatic carbocycles. The third kappa shape index (κ3) is 6.89. The van der Waals surface area contributed by atoms with Gasteiger partial charge in [-0.2, -0.15) is 11.8 Å². The minimum Gasteiger partial charge on any atom is -0.481 e. The smallest absolute Gasteiger partial charge is 0.323 e. The van der Waals surface area contributed by atoms with Crippen molar-refractivity contribution in [2.45, 2.75) is 19.3 Å². The Labute approximate surface area is 151 Å². The van der Waals surface area contributed by atoms with Crippen LogP contribution in [-0.4, -0.2) is 29.1 Å². The van der Waals surface area contributed by atoms with Crippen LogP contribution in [-0.2, 0) is 17.6 Å². The van der Waals surface area contributed by atoms with Gasteiger partial charge in [0.2, 0.25) is 0 Å². The Morgan fingerprint density at radius 3 is 2.36 bits per heavy atom. The molecule has 0 radical (unpaired) electrons. The van der Waals surface area contributed by atoms with E-state index in [0.29, 0.717) is 12.1 Å². The molecule has 0 saturated carbocycles. The maximum Gasteiger partial charge on any atom is 0.323 e. The van der Waals surface area contributed by atoms with E-state index in [-0.39, 0.29) is 12.5 Å². The van der Waals surface area contributed by atoms with Gasteiger partial charge in [-0.3, -0.25) is 4.79 Å². The highest BCUT2D eigenvalue weighted by molar-refractivity contribution is 7.98. The average Bonchev–Trinajstić information content (AvgIpc) is 2.59. The summed E-state index contributed by atoms with van der Waals surface area (Å²) in [6, 6.07) is 14.7. The molecule has 0 heterocycles. The van der Waals surface area contributed by atoms with Gasteiger partial charge in [0.15, 0.2) is 0 Å². The summed E-state index contributed by atoms with van der Waals surface area (Å²) in [4.78, 5) is 22.7. The quantitative estimate of drug-likeness (QED) is 0.659. The molecule has 2 aromatic rings. The number of hydrogen-bond acceptors (Lipinski definition) is 3. The summed E-state index contributed by atoms with van der Waals surface area (Å²) in [5, 5.41) is 14.3. The monoisotopic (exact) mass is 358 g/mol. The minimum absolute atomic E-state index is 0.0680. The summed E-state index contributed by atoms with van der Waals surface area (Å²) < 4.78 is 0. The van der Waals surface area contributed by atoms with Crippen molar-refractivity contribution in [3.8, 4) is 0 Å². The average molecular weight is 358 g/mol. The molecule has 2 amide bonds. The Bertz CT molecular complexity index is 717. The number of carbonyl (C=O) groups excluding carboxylic acids is 1. The van der Waals surface area contributed by atoms with Crippen LogP contribution in [0.2, 0.25) is 0 Å². The van der Waals surface area contributed by atoms with Crippen LogP contribution < -0.4 is 10.6 Å². The second kappa shape index (κ2) is 9.74. The number of amides is 2. The predicted molar refractivity (Wildman–Crippen MR) is 104 cm³/mol. The number of anilines is 2. The first kappa shape index (κ1) is 18.9. The Balaban J connectivity index is 1.89. The van der Waals surface area contributed by atoms with Gasteiger partial charge in [-0.05, 0) is 60.2 Å². The number of thioether (sulfide) groups is 1. The van der Waals surface area contributed by atoms with Crippen LogP contribution in [0.1, 0.15) is 17.5 Å². The fraction of sp³-hybridized carbons (Fsp3) is 0.263. The lowest BCUT2D eigenvalue weighted by molar-refractivity contribution is -0.136. The molecule has 6 heteroatoms. The van der Waals surface area contributed by atoms with E-state index in [0.717, 1.165) is 23.4 Å². The number of carbonyl (C=O) groups is 2. The molecular weight excluding hydrogens is 336 g/mol. The van der Waals surface area contributed by atoms with Crippen LogP contribution in [0.5, 0.6) is 0 Å². The first-order valence-electron chi connectivity index (χ1n) is 8.03. The normalized spacial score (nSPS) is 10.3. The fourth-order valence-electron chi connectivity index (χ4n) is 2.32. The number of carboxylic acid groups (broad SMARTS) is 1. The Kier molecular flexibility index (Phi) is 7.35. The van der Waals surface area contributed by atoms with E-state index in [9.17, 15) is 9.59 Å². The highest BCUT2D eigenvalue weighted by atomic mass is 32.2. The molecule has 0 fully saturated rings. The molecule has 0 aliphatic heterocycles. The molecule has 0 spiro atoms. The zero-order chi connectivity index (χ0) is 18.1. The summed E-state index contributed by atoms with van der Waals surface area (Å²) in [6.45, 7) is 0. The minimum atomic E-state index is -0.836. The van der Waals surface area contributed by atoms with Gasteiger partial charge in [0, 0.05) is 17.8 Å². The standard InChI is InChI=1S/C19H22N2O3S/c1-25-12-11-14-5-8-16(9-6-14)20-19(24)21-17-4-2-3-15(13-17)7-10-18(22)23/h2-6,8-9,13H,7,10-12H2,1H3,(H,22,23)(H2,20,21,24). The lowest BCUT2D eigenvalue weighted by Gasteiger charge is -2.09. The summed E-state index contributed by atoms with van der Waals surface area (Å²) in [7, 11) is 0. The van der Waals surface area contributed by atoms with Crippen molar-refractivity contribution in [1.29, 1.82) is 0 Å². The molecule has 3 N–H and O–H groups in total. The summed E-state index contributed by atoms with van der Waals surface area (Å²) in [5.74, 6) is 0.239. The maximum absolute atomic E-state index is 12.1. The fourth-order valence-corrected chi connectivity index (χ4v) is 2.76. The molecule has 2 aromatic carbocycles. The molecule has 25 heavy (non-hydrogen) atoms. The van der Waals surface area contributed by atoms with Crippen molar-refractivity contribution in [2.24, 2.45) is 0 Å². The molecule has 5 nitrogen and oxygen atoms in total. The van der Waals surface area contributed by atoms with Crippen LogP contribution in [0.4, 0.5) is 16.2 Å². The summed E-state index contributed by atoms with van der Waals surface area (Å²) in [5.41, 5.74) is 3.48. The molecule has 0 bridgehead atoms. The van der Waals surface area contributed by atoms with Crippen molar-refractivity contribution >= 4 is 35.1 Å². The molecule has 0 unspecified atom stereocenters. The largest absolute Gasteiger partial charge is 0.481 e. The third-order valence-corrected chi connectivity index (χ3v) is 4.23. The van der Waals surface area contributed by atoms with Crippen molar-refractivity contribution in [1.82, 2.24) is 0 Å². The number of aryl methyl sites for hydroxylation is 2. The molecular formula is C19H22N2O3S. The molecule has 132 valence electrons. The van der Waals surface area contributed by atoms with E-state index in [4.69, 9.17) is 5.11 Å². The van der Waals surface area contributed by atoms with Crippen molar-refractivity contribution in [2.75, 3.05) is 22.6 Å².